The van der Waals surface area contributed by atoms with Crippen molar-refractivity contribution in [2.75, 3.05) is 135 Å². The Balaban J connectivity index is 0.000000229. The summed E-state index contributed by atoms with van der Waals surface area (Å²) in [4.78, 5) is 134. The van der Waals surface area contributed by atoms with Gasteiger partial charge in [0.2, 0.25) is 17.7 Å². The number of allylic oxidation sites excluding steroid dienone is 3. The topological polar surface area (TPSA) is 459 Å². The first kappa shape index (κ1) is 105. The van der Waals surface area contributed by atoms with Crippen LogP contribution in [-0.4, -0.2) is 287 Å². The zero-order chi connectivity index (χ0) is 98.4. The van der Waals surface area contributed by atoms with E-state index >= 15 is 0 Å². The number of ether oxygens (including phenoxy) is 11. The SMILES string of the molecule is C/C=C1\C[C@H]2C=Nc3cc(O)c(OC)cc3C(=O)N2C1.C/C=C1\C[C@H]2C=Nc3cc(OCc4cc(COc5cc6c(cc5OC)C(=O)N5C/C(=C/C)C[C@H]5C=N6)cc(OCCN(C)C(=O)CCC(=O)OC)c4)c(OC)cc3C(=O)N2C1.COC(=O)CCC(=O)N(C)CCOc1cc(CO)cc(CO)c1.COC(=O)CCC(=O)N(C)CCOc1cc(COS(C)(=O)=O)cc(COS(C)(=O)=O)c1. The largest absolute Gasteiger partial charge is 0.504 e. The highest BCUT2D eigenvalue weighted by Gasteiger charge is 2.38. The normalized spacial score (nSPS) is 16.3. The summed E-state index contributed by atoms with van der Waals surface area (Å²) in [6, 6.07) is 24.8. The number of methoxy groups -OCH3 is 6. The summed E-state index contributed by atoms with van der Waals surface area (Å²) in [6.07, 6.45) is 15.9. The lowest BCUT2D eigenvalue weighted by Gasteiger charge is -2.20. The van der Waals surface area contributed by atoms with E-state index in [4.69, 9.17) is 66.5 Å². The van der Waals surface area contributed by atoms with Crippen LogP contribution in [-0.2, 0) is 111 Å². The van der Waals surface area contributed by atoms with Crippen molar-refractivity contribution in [3.63, 3.8) is 0 Å². The van der Waals surface area contributed by atoms with Crippen LogP contribution in [0.5, 0.6) is 51.7 Å². The molecule has 0 aromatic heterocycles. The van der Waals surface area contributed by atoms with E-state index in [1.165, 1.54) is 98.3 Å². The predicted molar refractivity (Wildman–Crippen MR) is 497 cm³/mol. The second kappa shape index (κ2) is 50.2. The quantitative estimate of drug-likeness (QED) is 0.0140. The summed E-state index contributed by atoms with van der Waals surface area (Å²) >= 11 is 0. The van der Waals surface area contributed by atoms with Gasteiger partial charge in [-0.1, -0.05) is 47.1 Å². The molecule has 6 aromatic rings. The minimum atomic E-state index is -3.68. The third kappa shape index (κ3) is 30.9. The van der Waals surface area contributed by atoms with E-state index in [1.807, 2.05) is 79.4 Å². The number of esters is 3. The molecule has 3 saturated heterocycles. The molecule has 3 atom stereocenters. The number of aromatic hydroxyl groups is 1. The highest BCUT2D eigenvalue weighted by Crippen LogP contribution is 2.43. The maximum Gasteiger partial charge on any atom is 0.306 e. The number of likely N-dealkylation sites (N-methyl/N-ethyl adjacent to an activating group) is 3. The molecule has 6 aliphatic heterocycles. The number of rotatable bonds is 38. The number of carbonyl (C=O) groups excluding carboxylic acids is 9. The molecular formula is C95H117N9O29S2. The Labute approximate surface area is 784 Å². The van der Waals surface area contributed by atoms with Gasteiger partial charge in [0.1, 0.15) is 50.3 Å². The minimum Gasteiger partial charge on any atom is -0.504 e. The molecule has 728 valence electrons. The van der Waals surface area contributed by atoms with E-state index < -0.39 is 38.1 Å². The summed E-state index contributed by atoms with van der Waals surface area (Å²) in [7, 11) is 5.81. The zero-order valence-corrected chi connectivity index (χ0v) is 79.8. The Hall–Kier alpha value is -13.3. The number of carbonyl (C=O) groups is 9. The molecule has 6 aliphatic rings. The number of phenols is 1. The third-order valence-corrected chi connectivity index (χ3v) is 23.3. The lowest BCUT2D eigenvalue weighted by Crippen LogP contribution is -2.35. The standard InChI is InChI=1S/C46H51N5O10.C18H27NO10S2.C16H23NO6.C15H16N2O3/c1-7-28-14-32-22-47-37-20-41(39(56-4)18-35(37)45(54)50(32)24-28)60-26-30-13-31(17-34(16-30)59-12-11-49(3)43(52)9-10-44(53)58-6)27-61-42-21-38-36(19-40(42)57-5)46(55)51-25-29(8-2)15-33(51)23-48-38;1-19(17(20)5-6-18(21)26-2)7-8-27-16-10-14(12-28-30(3,22)23)9-15(11-16)13-29-31(4,24)25;1-17(15(20)3-4-16(21)22-2)5-6-23-14-8-12(10-18)7-13(9-14)11-19;1-3-9-4-10-7-16-12-6-13(18)14(20-2)5-11(12)15(19)17(10)8-9/h7-8,13,16-23,32-33H,9-12,14-15,24-27H2,1-6H3;9-11H,5-8,12-13H2,1-4H3;7-9,18-19H,3-6,10-11H2,1-2H3;3,5-7,10,18H,4,8H2,1-2H3/b28-7+,29-8+;;;9-3+/t32-,33-;;;10-/m0..0/s1. The Bertz CT molecular complexity index is 5520. The van der Waals surface area contributed by atoms with Crippen LogP contribution in [0, 0.1) is 0 Å². The highest BCUT2D eigenvalue weighted by atomic mass is 32.2. The smallest absolute Gasteiger partial charge is 0.306 e. The Morgan fingerprint density at radius 3 is 0.970 bits per heavy atom. The van der Waals surface area contributed by atoms with Crippen LogP contribution in [0.3, 0.4) is 0 Å². The minimum absolute atomic E-state index is 0.00534. The maximum absolute atomic E-state index is 13.6. The molecule has 12 rings (SSSR count). The molecule has 40 heteroatoms. The lowest BCUT2D eigenvalue weighted by atomic mass is 10.1. The van der Waals surface area contributed by atoms with Crippen LogP contribution in [0.4, 0.5) is 17.1 Å². The van der Waals surface area contributed by atoms with E-state index in [0.717, 1.165) is 42.9 Å². The lowest BCUT2D eigenvalue weighted by molar-refractivity contribution is -0.143. The predicted octanol–water partition coefficient (Wildman–Crippen LogP) is 9.57. The number of benzene rings is 6. The molecule has 38 nitrogen and oxygen atoms in total. The highest BCUT2D eigenvalue weighted by molar-refractivity contribution is 7.86. The molecule has 3 fully saturated rings. The van der Waals surface area contributed by atoms with Crippen LogP contribution in [0.1, 0.15) is 143 Å². The van der Waals surface area contributed by atoms with E-state index in [0.29, 0.717) is 122 Å². The molecule has 6 amide bonds. The van der Waals surface area contributed by atoms with Gasteiger partial charge in [0, 0.05) is 96.9 Å². The fourth-order valence-electron chi connectivity index (χ4n) is 14.6. The van der Waals surface area contributed by atoms with Crippen molar-refractivity contribution in [2.24, 2.45) is 15.0 Å². The first-order chi connectivity index (χ1) is 64.4. The Morgan fingerprint density at radius 2 is 0.681 bits per heavy atom. The molecule has 0 radical (unpaired) electrons. The van der Waals surface area contributed by atoms with Gasteiger partial charge in [-0.25, -0.2) is 0 Å². The number of aliphatic hydroxyl groups excluding tert-OH is 2. The van der Waals surface area contributed by atoms with Crippen molar-refractivity contribution < 1.29 is 136 Å². The number of nitrogens with zero attached hydrogens (tertiary/aromatic N) is 9. The zero-order valence-electron chi connectivity index (χ0n) is 78.1. The number of amides is 6. The van der Waals surface area contributed by atoms with E-state index in [9.17, 15) is 65.1 Å². The van der Waals surface area contributed by atoms with E-state index in [-0.39, 0.29) is 176 Å². The Morgan fingerprint density at radius 1 is 0.393 bits per heavy atom. The van der Waals surface area contributed by atoms with E-state index in [2.05, 4.69) is 19.2 Å². The molecule has 0 spiro atoms. The molecule has 6 aromatic carbocycles. The molecule has 3 N–H and O–H groups in total. The monoisotopic (exact) mass is 1910 g/mol. The van der Waals surface area contributed by atoms with Gasteiger partial charge in [-0.15, -0.1) is 0 Å². The molecule has 135 heavy (non-hydrogen) atoms. The average molecular weight is 1910 g/mol. The first-order valence-electron chi connectivity index (χ1n) is 43.1. The van der Waals surface area contributed by atoms with Crippen molar-refractivity contribution in [2.45, 2.75) is 136 Å². The second-order valence-electron chi connectivity index (χ2n) is 31.9. The summed E-state index contributed by atoms with van der Waals surface area (Å²) in [5, 5.41) is 28.1. The molecule has 0 bridgehead atoms. The van der Waals surface area contributed by atoms with Gasteiger partial charge < -0.3 is 96.8 Å². The van der Waals surface area contributed by atoms with Crippen LogP contribution in [0.2, 0.25) is 0 Å². The number of hydrogen-bond donors (Lipinski definition) is 3. The van der Waals surface area contributed by atoms with Crippen molar-refractivity contribution >= 4 is 109 Å². The van der Waals surface area contributed by atoms with Gasteiger partial charge >= 0.3 is 17.9 Å². The van der Waals surface area contributed by atoms with Crippen molar-refractivity contribution in [1.82, 2.24) is 29.4 Å². The number of aliphatic hydroxyl groups is 2. The van der Waals surface area contributed by atoms with Gasteiger partial charge in [0.25, 0.3) is 38.0 Å². The van der Waals surface area contributed by atoms with Gasteiger partial charge in [-0.05, 0) is 134 Å². The van der Waals surface area contributed by atoms with Crippen LogP contribution >= 0.6 is 0 Å². The fourth-order valence-corrected chi connectivity index (χ4v) is 15.3. The third-order valence-electron chi connectivity index (χ3n) is 22.2. The summed E-state index contributed by atoms with van der Waals surface area (Å²) < 4.78 is 115. The second-order valence-corrected chi connectivity index (χ2v) is 35.2. The molecule has 0 saturated carbocycles. The van der Waals surface area contributed by atoms with Gasteiger partial charge in [0.05, 0.1) is 172 Å². The number of phenolic OH excluding ortho intramolecular Hbond substituents is 1. The molecule has 6 heterocycles. The average Bonchev–Trinajstić information content (AvgIpc) is 1.66. The van der Waals surface area contributed by atoms with Crippen LogP contribution < -0.4 is 37.9 Å². The van der Waals surface area contributed by atoms with Gasteiger partial charge in [-0.2, -0.15) is 16.8 Å². The summed E-state index contributed by atoms with van der Waals surface area (Å²) in [5.74, 6) is 0.945. The number of fused-ring (bicyclic) bond motifs is 6. The summed E-state index contributed by atoms with van der Waals surface area (Å²) in [5.41, 5.74) is 10.1. The van der Waals surface area contributed by atoms with Gasteiger partial charge in [-0.3, -0.25) is 66.5 Å². The van der Waals surface area contributed by atoms with Crippen molar-refractivity contribution in [3.05, 3.63) is 176 Å². The number of aliphatic imine (C=N–C) groups is 3. The maximum atomic E-state index is 13.6. The summed E-state index contributed by atoms with van der Waals surface area (Å²) in [6.45, 7) is 8.44. The number of hydrogen-bond acceptors (Lipinski definition) is 32. The van der Waals surface area contributed by atoms with E-state index in [1.54, 1.807) is 80.8 Å². The first-order valence-corrected chi connectivity index (χ1v) is 46.8. The van der Waals surface area contributed by atoms with Crippen LogP contribution in [0.15, 0.2) is 141 Å². The van der Waals surface area contributed by atoms with Crippen LogP contribution in [0.25, 0.3) is 0 Å². The Kier molecular flexibility index (Phi) is 39.2. The van der Waals surface area contributed by atoms with Crippen molar-refractivity contribution in [3.8, 4) is 51.7 Å². The van der Waals surface area contributed by atoms with Crippen molar-refractivity contribution in [1.29, 1.82) is 0 Å². The molecule has 0 aliphatic carbocycles. The molecular weight excluding hydrogens is 1800 g/mol. The van der Waals surface area contributed by atoms with Gasteiger partial charge in [0.15, 0.2) is 34.5 Å². The molecule has 0 unspecified atom stereocenters. The fraction of sp³-hybridized carbons (Fsp3) is 0.432.